The number of hydrogen-bond acceptors (Lipinski definition) is 2. The third-order valence-corrected chi connectivity index (χ3v) is 3.83. The highest BCUT2D eigenvalue weighted by Crippen LogP contribution is 2.40. The molecule has 1 aliphatic rings. The fourth-order valence-electron chi connectivity index (χ4n) is 2.70. The molecule has 0 fully saturated rings. The van der Waals surface area contributed by atoms with Gasteiger partial charge in [0.25, 0.3) is 0 Å². The summed E-state index contributed by atoms with van der Waals surface area (Å²) in [5.74, 6) is 0.983. The molecule has 20 heavy (non-hydrogen) atoms. The zero-order valence-corrected chi connectivity index (χ0v) is 12.4. The average Bonchev–Trinajstić information content (AvgIpc) is 2.48. The summed E-state index contributed by atoms with van der Waals surface area (Å²) in [5.41, 5.74) is 3.60. The predicted molar refractivity (Wildman–Crippen MR) is 84.9 cm³/mol. The summed E-state index contributed by atoms with van der Waals surface area (Å²) in [6.45, 7) is 4.98. The molecule has 104 valence electrons. The molecule has 0 aliphatic carbocycles. The number of anilines is 1. The van der Waals surface area contributed by atoms with Gasteiger partial charge in [-0.3, -0.25) is 0 Å². The number of benzene rings is 2. The van der Waals surface area contributed by atoms with Crippen molar-refractivity contribution in [2.75, 3.05) is 24.6 Å². The molecular formula is C17H18ClNO. The SMILES string of the molecule is CCCN1CCOc2cccc(-c3ccc(Cl)cc3)c21. The van der Waals surface area contributed by atoms with E-state index in [0.717, 1.165) is 36.9 Å². The second-order valence-electron chi connectivity index (χ2n) is 4.99. The fraction of sp³-hybridized carbons (Fsp3) is 0.294. The maximum Gasteiger partial charge on any atom is 0.143 e. The topological polar surface area (TPSA) is 12.5 Å². The van der Waals surface area contributed by atoms with E-state index in [2.05, 4.69) is 42.2 Å². The summed E-state index contributed by atoms with van der Waals surface area (Å²) in [7, 11) is 0. The van der Waals surface area contributed by atoms with E-state index in [1.165, 1.54) is 16.8 Å². The van der Waals surface area contributed by atoms with Gasteiger partial charge in [-0.15, -0.1) is 0 Å². The van der Waals surface area contributed by atoms with Crippen LogP contribution in [-0.4, -0.2) is 19.7 Å². The van der Waals surface area contributed by atoms with Crippen molar-refractivity contribution in [1.29, 1.82) is 0 Å². The van der Waals surface area contributed by atoms with E-state index in [9.17, 15) is 0 Å². The second-order valence-corrected chi connectivity index (χ2v) is 5.43. The van der Waals surface area contributed by atoms with Crippen LogP contribution in [0.5, 0.6) is 5.75 Å². The summed E-state index contributed by atoms with van der Waals surface area (Å²) in [5, 5.41) is 0.764. The van der Waals surface area contributed by atoms with Gasteiger partial charge in [0.2, 0.25) is 0 Å². The van der Waals surface area contributed by atoms with Crippen molar-refractivity contribution >= 4 is 17.3 Å². The Bertz CT molecular complexity index is 594. The molecule has 0 unspecified atom stereocenters. The van der Waals surface area contributed by atoms with Crippen molar-refractivity contribution in [3.05, 3.63) is 47.5 Å². The third-order valence-electron chi connectivity index (χ3n) is 3.58. The maximum atomic E-state index is 5.99. The predicted octanol–water partition coefficient (Wildman–Crippen LogP) is 4.62. The normalized spacial score (nSPS) is 13.8. The Morgan fingerprint density at radius 2 is 1.95 bits per heavy atom. The minimum absolute atomic E-state index is 0.761. The van der Waals surface area contributed by atoms with Gasteiger partial charge in [0.15, 0.2) is 0 Å². The molecule has 0 N–H and O–H groups in total. The van der Waals surface area contributed by atoms with E-state index in [-0.39, 0.29) is 0 Å². The lowest BCUT2D eigenvalue weighted by Gasteiger charge is -2.33. The van der Waals surface area contributed by atoms with Crippen molar-refractivity contribution in [2.45, 2.75) is 13.3 Å². The van der Waals surface area contributed by atoms with Gasteiger partial charge in [-0.05, 0) is 30.2 Å². The lowest BCUT2D eigenvalue weighted by atomic mass is 10.0. The van der Waals surface area contributed by atoms with Gasteiger partial charge in [0.05, 0.1) is 12.2 Å². The van der Waals surface area contributed by atoms with E-state index in [4.69, 9.17) is 16.3 Å². The number of fused-ring (bicyclic) bond motifs is 1. The summed E-state index contributed by atoms with van der Waals surface area (Å²) in [6, 6.07) is 14.3. The van der Waals surface area contributed by atoms with Gasteiger partial charge in [0.1, 0.15) is 12.4 Å². The van der Waals surface area contributed by atoms with Gasteiger partial charge >= 0.3 is 0 Å². The quantitative estimate of drug-likeness (QED) is 0.817. The molecule has 0 radical (unpaired) electrons. The first-order valence-corrected chi connectivity index (χ1v) is 7.44. The highest BCUT2D eigenvalue weighted by atomic mass is 35.5. The van der Waals surface area contributed by atoms with Crippen molar-refractivity contribution < 1.29 is 4.74 Å². The molecule has 0 amide bonds. The molecule has 0 atom stereocenters. The van der Waals surface area contributed by atoms with Crippen LogP contribution in [0.2, 0.25) is 5.02 Å². The Hall–Kier alpha value is -1.67. The lowest BCUT2D eigenvalue weighted by Crippen LogP contribution is -2.33. The van der Waals surface area contributed by atoms with E-state index < -0.39 is 0 Å². The molecule has 2 aromatic rings. The second kappa shape index (κ2) is 5.76. The first-order valence-electron chi connectivity index (χ1n) is 7.06. The van der Waals surface area contributed by atoms with Crippen LogP contribution in [0.15, 0.2) is 42.5 Å². The van der Waals surface area contributed by atoms with Crippen LogP contribution in [0.25, 0.3) is 11.1 Å². The van der Waals surface area contributed by atoms with Crippen molar-refractivity contribution in [3.8, 4) is 16.9 Å². The van der Waals surface area contributed by atoms with Gasteiger partial charge in [0, 0.05) is 17.1 Å². The number of halogens is 1. The zero-order chi connectivity index (χ0) is 13.9. The summed E-state index contributed by atoms with van der Waals surface area (Å²) in [4.78, 5) is 2.42. The third kappa shape index (κ3) is 2.48. The molecule has 0 bridgehead atoms. The van der Waals surface area contributed by atoms with Crippen molar-refractivity contribution in [3.63, 3.8) is 0 Å². The van der Waals surface area contributed by atoms with Crippen LogP contribution in [0, 0.1) is 0 Å². The van der Waals surface area contributed by atoms with Gasteiger partial charge in [-0.25, -0.2) is 0 Å². The zero-order valence-electron chi connectivity index (χ0n) is 11.6. The molecule has 3 heteroatoms. The lowest BCUT2D eigenvalue weighted by molar-refractivity contribution is 0.308. The Morgan fingerprint density at radius 1 is 1.15 bits per heavy atom. The highest BCUT2D eigenvalue weighted by Gasteiger charge is 2.21. The molecule has 2 nitrogen and oxygen atoms in total. The standard InChI is InChI=1S/C17H18ClNO/c1-2-10-19-11-12-20-16-5-3-4-15(17(16)19)13-6-8-14(18)9-7-13/h3-9H,2,10-12H2,1H3. The molecule has 0 aromatic heterocycles. The number of ether oxygens (including phenoxy) is 1. The van der Waals surface area contributed by atoms with E-state index in [1.807, 2.05) is 12.1 Å². The first kappa shape index (κ1) is 13.3. The molecule has 0 saturated heterocycles. The fourth-order valence-corrected chi connectivity index (χ4v) is 2.82. The molecular weight excluding hydrogens is 270 g/mol. The minimum Gasteiger partial charge on any atom is -0.490 e. The monoisotopic (exact) mass is 287 g/mol. The van der Waals surface area contributed by atoms with Crippen LogP contribution in [-0.2, 0) is 0 Å². The van der Waals surface area contributed by atoms with E-state index in [1.54, 1.807) is 0 Å². The smallest absolute Gasteiger partial charge is 0.143 e. The molecule has 1 aliphatic heterocycles. The average molecular weight is 288 g/mol. The Balaban J connectivity index is 2.09. The number of para-hydroxylation sites is 1. The van der Waals surface area contributed by atoms with Crippen LogP contribution >= 0.6 is 11.6 Å². The van der Waals surface area contributed by atoms with Crippen LogP contribution in [0.1, 0.15) is 13.3 Å². The highest BCUT2D eigenvalue weighted by molar-refractivity contribution is 6.30. The van der Waals surface area contributed by atoms with Crippen LogP contribution < -0.4 is 9.64 Å². The van der Waals surface area contributed by atoms with Crippen molar-refractivity contribution in [2.24, 2.45) is 0 Å². The Labute approximate surface area is 124 Å². The molecule has 3 rings (SSSR count). The Kier molecular flexibility index (Phi) is 3.83. The molecule has 0 saturated carbocycles. The van der Waals surface area contributed by atoms with Crippen molar-refractivity contribution in [1.82, 2.24) is 0 Å². The van der Waals surface area contributed by atoms with Gasteiger partial charge < -0.3 is 9.64 Å². The molecule has 1 heterocycles. The van der Waals surface area contributed by atoms with Gasteiger partial charge in [-0.1, -0.05) is 42.8 Å². The number of hydrogen-bond donors (Lipinski definition) is 0. The number of nitrogens with zero attached hydrogens (tertiary/aromatic N) is 1. The maximum absolute atomic E-state index is 5.99. The summed E-state index contributed by atoms with van der Waals surface area (Å²) >= 11 is 5.99. The largest absolute Gasteiger partial charge is 0.490 e. The van der Waals surface area contributed by atoms with E-state index >= 15 is 0 Å². The van der Waals surface area contributed by atoms with Crippen LogP contribution in [0.4, 0.5) is 5.69 Å². The minimum atomic E-state index is 0.761. The first-order chi connectivity index (χ1) is 9.79. The van der Waals surface area contributed by atoms with Crippen LogP contribution in [0.3, 0.4) is 0 Å². The van der Waals surface area contributed by atoms with E-state index in [0.29, 0.717) is 0 Å². The molecule has 0 spiro atoms. The summed E-state index contributed by atoms with van der Waals surface area (Å²) in [6.07, 6.45) is 1.13. The summed E-state index contributed by atoms with van der Waals surface area (Å²) < 4.78 is 5.82. The number of rotatable bonds is 3. The molecule has 2 aromatic carbocycles. The van der Waals surface area contributed by atoms with Gasteiger partial charge in [-0.2, -0.15) is 0 Å². The Morgan fingerprint density at radius 3 is 2.70 bits per heavy atom.